The molecule has 0 saturated carbocycles. The lowest BCUT2D eigenvalue weighted by Gasteiger charge is -2.12. The Kier molecular flexibility index (Phi) is 1.85. The molecule has 1 nitrogen and oxygen atoms in total. The molecular formula is C10H7BrO. The van der Waals surface area contributed by atoms with Crippen molar-refractivity contribution in [3.05, 3.63) is 40.4 Å². The second-order valence-electron chi connectivity index (χ2n) is 2.82. The minimum absolute atomic E-state index is 0.230. The van der Waals surface area contributed by atoms with Crippen LogP contribution in [0.2, 0.25) is 0 Å². The Hall–Kier alpha value is -0.890. The second kappa shape index (κ2) is 2.87. The van der Waals surface area contributed by atoms with E-state index in [1.807, 2.05) is 24.3 Å². The molecule has 60 valence electrons. The summed E-state index contributed by atoms with van der Waals surface area (Å²) >= 11 is 3.36. The SMILES string of the molecule is O=C1C=C(c2ccc(Br)cc2)C1. The van der Waals surface area contributed by atoms with Gasteiger partial charge in [0.15, 0.2) is 5.78 Å². The topological polar surface area (TPSA) is 17.1 Å². The van der Waals surface area contributed by atoms with Gasteiger partial charge < -0.3 is 0 Å². The Morgan fingerprint density at radius 3 is 2.25 bits per heavy atom. The molecule has 0 bridgehead atoms. The second-order valence-corrected chi connectivity index (χ2v) is 3.74. The fourth-order valence-electron chi connectivity index (χ4n) is 1.20. The van der Waals surface area contributed by atoms with E-state index in [4.69, 9.17) is 0 Å². The van der Waals surface area contributed by atoms with Gasteiger partial charge in [-0.15, -0.1) is 0 Å². The third-order valence-electron chi connectivity index (χ3n) is 1.91. The summed E-state index contributed by atoms with van der Waals surface area (Å²) in [6.07, 6.45) is 2.30. The van der Waals surface area contributed by atoms with Gasteiger partial charge in [-0.2, -0.15) is 0 Å². The van der Waals surface area contributed by atoms with Crippen LogP contribution in [0.25, 0.3) is 5.57 Å². The van der Waals surface area contributed by atoms with E-state index in [-0.39, 0.29) is 5.78 Å². The van der Waals surface area contributed by atoms with Gasteiger partial charge in [-0.1, -0.05) is 28.1 Å². The number of halogens is 1. The van der Waals surface area contributed by atoms with Crippen molar-refractivity contribution in [3.8, 4) is 0 Å². The zero-order valence-electron chi connectivity index (χ0n) is 6.38. The van der Waals surface area contributed by atoms with Crippen LogP contribution in [0.5, 0.6) is 0 Å². The monoisotopic (exact) mass is 222 g/mol. The molecule has 0 N–H and O–H groups in total. The number of allylic oxidation sites excluding steroid dienone is 2. The smallest absolute Gasteiger partial charge is 0.160 e. The maximum Gasteiger partial charge on any atom is 0.160 e. The summed E-state index contributed by atoms with van der Waals surface area (Å²) in [6.45, 7) is 0. The van der Waals surface area contributed by atoms with E-state index in [0.29, 0.717) is 6.42 Å². The first-order chi connectivity index (χ1) is 5.75. The Labute approximate surface area is 79.2 Å². The largest absolute Gasteiger partial charge is 0.294 e. The van der Waals surface area contributed by atoms with Crippen LogP contribution < -0.4 is 0 Å². The highest BCUT2D eigenvalue weighted by molar-refractivity contribution is 9.10. The predicted octanol–water partition coefficient (Wildman–Crippen LogP) is 2.81. The number of rotatable bonds is 1. The van der Waals surface area contributed by atoms with Crippen LogP contribution in [0.15, 0.2) is 34.8 Å². The number of hydrogen-bond donors (Lipinski definition) is 0. The van der Waals surface area contributed by atoms with Crippen molar-refractivity contribution in [2.24, 2.45) is 0 Å². The molecule has 0 aromatic heterocycles. The molecule has 0 atom stereocenters. The number of carbonyl (C=O) groups excluding carboxylic acids is 1. The molecule has 0 fully saturated rings. The molecule has 0 saturated heterocycles. The average molecular weight is 223 g/mol. The minimum atomic E-state index is 0.230. The summed E-state index contributed by atoms with van der Waals surface area (Å²) in [5, 5.41) is 0. The van der Waals surface area contributed by atoms with Gasteiger partial charge in [0.2, 0.25) is 0 Å². The fraction of sp³-hybridized carbons (Fsp3) is 0.100. The maximum atomic E-state index is 10.7. The van der Waals surface area contributed by atoms with Gasteiger partial charge >= 0.3 is 0 Å². The first kappa shape index (κ1) is 7.74. The molecule has 1 aromatic rings. The molecule has 0 spiro atoms. The number of hydrogen-bond acceptors (Lipinski definition) is 1. The van der Waals surface area contributed by atoms with Crippen molar-refractivity contribution < 1.29 is 4.79 Å². The van der Waals surface area contributed by atoms with Crippen LogP contribution >= 0.6 is 15.9 Å². The maximum absolute atomic E-state index is 10.7. The molecule has 12 heavy (non-hydrogen) atoms. The van der Waals surface area contributed by atoms with Crippen molar-refractivity contribution in [2.45, 2.75) is 6.42 Å². The standard InChI is InChI=1S/C10H7BrO/c11-9-3-1-7(2-4-9)8-5-10(12)6-8/h1-5H,6H2. The van der Waals surface area contributed by atoms with Gasteiger partial charge in [-0.3, -0.25) is 4.79 Å². The Morgan fingerprint density at radius 2 is 1.75 bits per heavy atom. The average Bonchev–Trinajstić information content (AvgIpc) is 2.01. The van der Waals surface area contributed by atoms with Gasteiger partial charge in [-0.05, 0) is 29.3 Å². The van der Waals surface area contributed by atoms with Gasteiger partial charge in [0.1, 0.15) is 0 Å². The molecular weight excluding hydrogens is 216 g/mol. The first-order valence-electron chi connectivity index (χ1n) is 3.75. The van der Waals surface area contributed by atoms with Crippen LogP contribution in [0.1, 0.15) is 12.0 Å². The van der Waals surface area contributed by atoms with Crippen molar-refractivity contribution in [1.82, 2.24) is 0 Å². The van der Waals surface area contributed by atoms with Crippen LogP contribution in [-0.2, 0) is 4.79 Å². The lowest BCUT2D eigenvalue weighted by molar-refractivity contribution is -0.114. The van der Waals surface area contributed by atoms with Crippen molar-refractivity contribution in [1.29, 1.82) is 0 Å². The van der Waals surface area contributed by atoms with E-state index in [2.05, 4.69) is 15.9 Å². The molecule has 1 aliphatic rings. The minimum Gasteiger partial charge on any atom is -0.294 e. The summed E-state index contributed by atoms with van der Waals surface area (Å²) in [5.74, 6) is 0.230. The summed E-state index contributed by atoms with van der Waals surface area (Å²) in [7, 11) is 0. The molecule has 2 heteroatoms. The normalized spacial score (nSPS) is 15.4. The van der Waals surface area contributed by atoms with Crippen molar-refractivity contribution in [3.63, 3.8) is 0 Å². The quantitative estimate of drug-likeness (QED) is 0.715. The van der Waals surface area contributed by atoms with Crippen LogP contribution in [0.4, 0.5) is 0 Å². The first-order valence-corrected chi connectivity index (χ1v) is 4.54. The summed E-state index contributed by atoms with van der Waals surface area (Å²) < 4.78 is 1.07. The third-order valence-corrected chi connectivity index (χ3v) is 2.44. The molecule has 1 aliphatic carbocycles. The molecule has 0 amide bonds. The number of carbonyl (C=O) groups is 1. The zero-order chi connectivity index (χ0) is 8.55. The van der Waals surface area contributed by atoms with Gasteiger partial charge in [0, 0.05) is 10.9 Å². The number of benzene rings is 1. The summed E-state index contributed by atoms with van der Waals surface area (Å²) in [6, 6.07) is 8.00. The third kappa shape index (κ3) is 1.34. The van der Waals surface area contributed by atoms with Crippen LogP contribution in [0.3, 0.4) is 0 Å². The lowest BCUT2D eigenvalue weighted by atomic mass is 9.91. The lowest BCUT2D eigenvalue weighted by Crippen LogP contribution is -2.06. The Balaban J connectivity index is 2.31. The van der Waals surface area contributed by atoms with E-state index in [9.17, 15) is 4.79 Å². The molecule has 0 heterocycles. The van der Waals surface area contributed by atoms with Gasteiger partial charge in [-0.25, -0.2) is 0 Å². The summed E-state index contributed by atoms with van der Waals surface area (Å²) in [4.78, 5) is 10.7. The summed E-state index contributed by atoms with van der Waals surface area (Å²) in [5.41, 5.74) is 2.30. The highest BCUT2D eigenvalue weighted by atomic mass is 79.9. The molecule has 0 unspecified atom stereocenters. The number of ketones is 1. The molecule has 0 radical (unpaired) electrons. The van der Waals surface area contributed by atoms with E-state index in [1.54, 1.807) is 6.08 Å². The van der Waals surface area contributed by atoms with Gasteiger partial charge in [0.25, 0.3) is 0 Å². The van der Waals surface area contributed by atoms with Crippen LogP contribution in [0, 0.1) is 0 Å². The Bertz CT molecular complexity index is 349. The zero-order valence-corrected chi connectivity index (χ0v) is 7.97. The molecule has 0 aliphatic heterocycles. The van der Waals surface area contributed by atoms with E-state index in [1.165, 1.54) is 0 Å². The van der Waals surface area contributed by atoms with E-state index >= 15 is 0 Å². The molecule has 1 aromatic carbocycles. The van der Waals surface area contributed by atoms with Crippen molar-refractivity contribution in [2.75, 3.05) is 0 Å². The highest BCUT2D eigenvalue weighted by Gasteiger charge is 2.15. The van der Waals surface area contributed by atoms with E-state index < -0.39 is 0 Å². The predicted molar refractivity (Wildman–Crippen MR) is 51.7 cm³/mol. The Morgan fingerprint density at radius 1 is 1.17 bits per heavy atom. The van der Waals surface area contributed by atoms with Gasteiger partial charge in [0.05, 0.1) is 0 Å². The van der Waals surface area contributed by atoms with Crippen molar-refractivity contribution >= 4 is 27.3 Å². The fourth-order valence-corrected chi connectivity index (χ4v) is 1.47. The molecule has 2 rings (SSSR count). The highest BCUT2D eigenvalue weighted by Crippen LogP contribution is 2.27. The van der Waals surface area contributed by atoms with Crippen LogP contribution in [-0.4, -0.2) is 5.78 Å². The van der Waals surface area contributed by atoms with E-state index in [0.717, 1.165) is 15.6 Å².